The summed E-state index contributed by atoms with van der Waals surface area (Å²) in [6.45, 7) is -0.0784. The molecule has 182 valence electrons. The summed E-state index contributed by atoms with van der Waals surface area (Å²) in [4.78, 5) is 52.6. The molecule has 2 fully saturated rings. The maximum absolute atomic E-state index is 13.7. The topological polar surface area (TPSA) is 156 Å². The fourth-order valence-electron chi connectivity index (χ4n) is 5.18. The molecule has 1 aromatic carbocycles. The number of rotatable bonds is 5. The molecule has 4 aromatic rings. The minimum absolute atomic E-state index is 0.0233. The Morgan fingerprint density at radius 2 is 2.00 bits per heavy atom. The summed E-state index contributed by atoms with van der Waals surface area (Å²) in [6.07, 6.45) is 2.78. The number of nitrogens with one attached hydrogen (secondary N) is 1. The Hall–Kier alpha value is -4.06. The van der Waals surface area contributed by atoms with Gasteiger partial charge in [-0.05, 0) is 65.0 Å². The average Bonchev–Trinajstić information content (AvgIpc) is 3.39. The molecular weight excluding hydrogens is 530 g/mol. The maximum atomic E-state index is 13.7. The number of nitrogens with zero attached hydrogens (tertiary/aromatic N) is 5. The van der Waals surface area contributed by atoms with Crippen LogP contribution in [0.1, 0.15) is 23.2 Å². The molecule has 1 aliphatic carbocycles. The monoisotopic (exact) mass is 549 g/mol. The highest BCUT2D eigenvalue weighted by Gasteiger charge is 2.56. The number of aromatic carboxylic acids is 1. The van der Waals surface area contributed by atoms with Crippen molar-refractivity contribution >= 4 is 67.3 Å². The van der Waals surface area contributed by atoms with Crippen molar-refractivity contribution in [2.45, 2.75) is 31.5 Å². The third-order valence-electron chi connectivity index (χ3n) is 6.87. The van der Waals surface area contributed by atoms with Gasteiger partial charge >= 0.3 is 5.97 Å². The Bertz CT molecular complexity index is 1590. The van der Waals surface area contributed by atoms with Crippen LogP contribution in [-0.2, 0) is 16.1 Å². The van der Waals surface area contributed by atoms with E-state index in [1.165, 1.54) is 18.5 Å². The normalized spacial score (nSPS) is 20.5. The van der Waals surface area contributed by atoms with E-state index in [0.29, 0.717) is 44.7 Å². The van der Waals surface area contributed by atoms with E-state index < -0.39 is 12.0 Å². The Morgan fingerprint density at radius 3 is 2.78 bits per heavy atom. The zero-order valence-corrected chi connectivity index (χ0v) is 20.3. The summed E-state index contributed by atoms with van der Waals surface area (Å²) in [5, 5.41) is 13.3. The number of aromatic nitrogens is 4. The number of piperidine rings is 1. The van der Waals surface area contributed by atoms with Gasteiger partial charge < -0.3 is 25.6 Å². The van der Waals surface area contributed by atoms with Gasteiger partial charge in [-0.1, -0.05) is 6.07 Å². The van der Waals surface area contributed by atoms with Gasteiger partial charge in [0.15, 0.2) is 0 Å². The van der Waals surface area contributed by atoms with Gasteiger partial charge in [-0.2, -0.15) is 0 Å². The second-order valence-corrected chi connectivity index (χ2v) is 9.84. The highest BCUT2D eigenvalue weighted by molar-refractivity contribution is 9.10. The van der Waals surface area contributed by atoms with Crippen molar-refractivity contribution in [3.8, 4) is 0 Å². The molecule has 36 heavy (non-hydrogen) atoms. The number of halogens is 1. The summed E-state index contributed by atoms with van der Waals surface area (Å²) < 4.78 is 2.30. The first-order chi connectivity index (χ1) is 17.3. The molecule has 0 radical (unpaired) electrons. The van der Waals surface area contributed by atoms with Crippen molar-refractivity contribution < 1.29 is 19.5 Å². The van der Waals surface area contributed by atoms with Crippen molar-refractivity contribution in [3.63, 3.8) is 0 Å². The lowest BCUT2D eigenvalue weighted by Gasteiger charge is -2.27. The third kappa shape index (κ3) is 3.65. The number of nitrogens with two attached hydrogens (primary N) is 1. The number of fused-ring (bicyclic) bond motifs is 4. The standard InChI is InChI=1S/C24H20BrN7O4/c25-17-2-1-3-18(29-17)30-23(34)16-8-12-7-15(12)32(16)19(33)9-31-14-5-4-11(24(35)36)6-13(14)20-21(26)27-10-28-22(20)31/h1-6,10,12,15-16H,7-9H2,(H,35,36)(H2,26,27,28)(H,29,30,34)/t12?,15-,16+/m1/s1. The molecule has 3 aromatic heterocycles. The summed E-state index contributed by atoms with van der Waals surface area (Å²) in [5.74, 6) is -0.668. The van der Waals surface area contributed by atoms with Crippen LogP contribution in [0.15, 0.2) is 47.3 Å². The number of amides is 2. The predicted octanol–water partition coefficient (Wildman–Crippen LogP) is 2.65. The number of carbonyl (C=O) groups is 3. The van der Waals surface area contributed by atoms with Crippen molar-refractivity contribution in [1.29, 1.82) is 0 Å². The molecule has 1 unspecified atom stereocenters. The molecule has 0 spiro atoms. The van der Waals surface area contributed by atoms with Crippen molar-refractivity contribution in [2.24, 2.45) is 5.92 Å². The van der Waals surface area contributed by atoms with Crippen LogP contribution in [0.5, 0.6) is 0 Å². The molecule has 3 atom stereocenters. The van der Waals surface area contributed by atoms with E-state index >= 15 is 0 Å². The first-order valence-electron chi connectivity index (χ1n) is 11.3. The van der Waals surface area contributed by atoms with Crippen LogP contribution in [0.4, 0.5) is 11.6 Å². The third-order valence-corrected chi connectivity index (χ3v) is 7.31. The minimum atomic E-state index is -1.07. The van der Waals surface area contributed by atoms with Gasteiger partial charge in [-0.15, -0.1) is 0 Å². The molecule has 4 N–H and O–H groups in total. The number of carboxylic acid groups (broad SMARTS) is 1. The number of anilines is 2. The van der Waals surface area contributed by atoms with E-state index in [2.05, 4.69) is 36.2 Å². The fourth-order valence-corrected chi connectivity index (χ4v) is 5.53. The Balaban J connectivity index is 1.34. The van der Waals surface area contributed by atoms with Crippen LogP contribution in [0, 0.1) is 5.92 Å². The molecule has 12 heteroatoms. The second-order valence-electron chi connectivity index (χ2n) is 9.03. The molecule has 4 heterocycles. The van der Waals surface area contributed by atoms with Gasteiger partial charge in [0.05, 0.1) is 16.5 Å². The molecule has 2 aliphatic rings. The zero-order chi connectivity index (χ0) is 25.1. The number of pyridine rings is 1. The SMILES string of the molecule is Nc1ncnc2c1c1cc(C(=O)O)ccc1n2CC(=O)N1[C@@H]2CC2C[C@H]1C(=O)Nc1cccc(Br)n1. The van der Waals surface area contributed by atoms with Crippen molar-refractivity contribution in [1.82, 2.24) is 24.4 Å². The summed E-state index contributed by atoms with van der Waals surface area (Å²) in [7, 11) is 0. The van der Waals surface area contributed by atoms with E-state index in [4.69, 9.17) is 5.73 Å². The average molecular weight is 550 g/mol. The number of carboxylic acids is 1. The molecular formula is C24H20BrN7O4. The van der Waals surface area contributed by atoms with Crippen LogP contribution < -0.4 is 11.1 Å². The predicted molar refractivity (Wildman–Crippen MR) is 134 cm³/mol. The van der Waals surface area contributed by atoms with Crippen molar-refractivity contribution in [2.75, 3.05) is 11.1 Å². The van der Waals surface area contributed by atoms with Crippen LogP contribution in [-0.4, -0.2) is 59.4 Å². The van der Waals surface area contributed by atoms with Gasteiger partial charge in [-0.3, -0.25) is 9.59 Å². The van der Waals surface area contributed by atoms with Gasteiger partial charge in [-0.25, -0.2) is 19.7 Å². The number of carbonyl (C=O) groups excluding carboxylic acids is 2. The number of likely N-dealkylation sites (tertiary alicyclic amines) is 1. The first-order valence-corrected chi connectivity index (χ1v) is 12.1. The van der Waals surface area contributed by atoms with Gasteiger partial charge in [0.1, 0.15) is 40.8 Å². The van der Waals surface area contributed by atoms with Gasteiger partial charge in [0.2, 0.25) is 11.8 Å². The fraction of sp³-hybridized carbons (Fsp3) is 0.250. The van der Waals surface area contributed by atoms with Gasteiger partial charge in [0.25, 0.3) is 0 Å². The first kappa shape index (κ1) is 22.4. The number of hydrogen-bond acceptors (Lipinski definition) is 7. The molecule has 1 aliphatic heterocycles. The van der Waals surface area contributed by atoms with E-state index in [9.17, 15) is 19.5 Å². The lowest BCUT2D eigenvalue weighted by Crippen LogP contribution is -2.46. The second kappa shape index (κ2) is 8.26. The largest absolute Gasteiger partial charge is 0.478 e. The zero-order valence-electron chi connectivity index (χ0n) is 18.8. The summed E-state index contributed by atoms with van der Waals surface area (Å²) in [5.41, 5.74) is 7.25. The molecule has 6 rings (SSSR count). The van der Waals surface area contributed by atoms with Crippen molar-refractivity contribution in [3.05, 3.63) is 52.9 Å². The number of nitrogen functional groups attached to an aromatic ring is 1. The molecule has 1 saturated heterocycles. The lowest BCUT2D eigenvalue weighted by molar-refractivity contribution is -0.138. The number of hydrogen-bond donors (Lipinski definition) is 3. The van der Waals surface area contributed by atoms with Crippen LogP contribution >= 0.6 is 15.9 Å². The maximum Gasteiger partial charge on any atom is 0.335 e. The Morgan fingerprint density at radius 1 is 1.17 bits per heavy atom. The van der Waals surface area contributed by atoms with E-state index in [-0.39, 0.29) is 35.8 Å². The van der Waals surface area contributed by atoms with Gasteiger partial charge in [0, 0.05) is 11.4 Å². The van der Waals surface area contributed by atoms with Crippen LogP contribution in [0.25, 0.3) is 21.9 Å². The quantitative estimate of drug-likeness (QED) is 0.320. The summed E-state index contributed by atoms with van der Waals surface area (Å²) in [6, 6.07) is 9.27. The molecule has 11 nitrogen and oxygen atoms in total. The van der Waals surface area contributed by atoms with Crippen LogP contribution in [0.2, 0.25) is 0 Å². The Labute approximate surface area is 212 Å². The Kier molecular flexibility index (Phi) is 5.14. The molecule has 0 bridgehead atoms. The summed E-state index contributed by atoms with van der Waals surface area (Å²) >= 11 is 3.30. The molecule has 1 saturated carbocycles. The van der Waals surface area contributed by atoms with E-state index in [1.807, 2.05) is 0 Å². The smallest absolute Gasteiger partial charge is 0.335 e. The highest BCUT2D eigenvalue weighted by atomic mass is 79.9. The van der Waals surface area contributed by atoms with E-state index in [0.717, 1.165) is 6.42 Å². The minimum Gasteiger partial charge on any atom is -0.478 e. The highest BCUT2D eigenvalue weighted by Crippen LogP contribution is 2.48. The number of benzene rings is 1. The van der Waals surface area contributed by atoms with Crippen LogP contribution in [0.3, 0.4) is 0 Å². The van der Waals surface area contributed by atoms with E-state index in [1.54, 1.807) is 33.7 Å². The lowest BCUT2D eigenvalue weighted by atomic mass is 10.1. The molecule has 2 amide bonds.